The largest absolute Gasteiger partial charge is 0.324 e. The highest BCUT2D eigenvalue weighted by atomic mass is 32.2. The second-order valence-corrected chi connectivity index (χ2v) is 8.98. The molecule has 0 bridgehead atoms. The number of amides is 3. The number of rotatable bonds is 4. The minimum atomic E-state index is -3.83. The first-order chi connectivity index (χ1) is 13.8. The SMILES string of the molecule is Cc1ccc(S(=O)(=O)N2CCC[C@H]2C(=O)Nc2cccc3c2C(=O)NC3=O)cc1. The van der Waals surface area contributed by atoms with E-state index in [2.05, 4.69) is 10.6 Å². The second kappa shape index (κ2) is 7.09. The Balaban J connectivity index is 1.61. The highest BCUT2D eigenvalue weighted by Crippen LogP contribution is 2.29. The van der Waals surface area contributed by atoms with Crippen LogP contribution < -0.4 is 10.6 Å². The Labute approximate surface area is 168 Å². The minimum absolute atomic E-state index is 0.0942. The Morgan fingerprint density at radius 3 is 2.55 bits per heavy atom. The summed E-state index contributed by atoms with van der Waals surface area (Å²) in [6, 6.07) is 10.1. The van der Waals surface area contributed by atoms with Gasteiger partial charge in [-0.1, -0.05) is 23.8 Å². The third-order valence-corrected chi connectivity index (χ3v) is 7.08. The molecule has 0 spiro atoms. The maximum atomic E-state index is 13.0. The fraction of sp³-hybridized carbons (Fsp3) is 0.250. The molecular formula is C20H19N3O5S. The zero-order valence-electron chi connectivity index (χ0n) is 15.6. The summed E-state index contributed by atoms with van der Waals surface area (Å²) in [5, 5.41) is 4.83. The molecule has 9 heteroatoms. The summed E-state index contributed by atoms with van der Waals surface area (Å²) in [6.45, 7) is 2.10. The lowest BCUT2D eigenvalue weighted by Gasteiger charge is -2.23. The Morgan fingerprint density at radius 2 is 1.83 bits per heavy atom. The second-order valence-electron chi connectivity index (χ2n) is 7.09. The Bertz CT molecular complexity index is 1130. The number of aryl methyl sites for hydroxylation is 1. The van der Waals surface area contributed by atoms with E-state index >= 15 is 0 Å². The van der Waals surface area contributed by atoms with Gasteiger partial charge in [0.1, 0.15) is 6.04 Å². The monoisotopic (exact) mass is 413 g/mol. The molecular weight excluding hydrogens is 394 g/mol. The molecule has 0 aromatic heterocycles. The topological polar surface area (TPSA) is 113 Å². The van der Waals surface area contributed by atoms with Crippen LogP contribution in [0.15, 0.2) is 47.4 Å². The highest BCUT2D eigenvalue weighted by Gasteiger charge is 2.40. The predicted molar refractivity (Wildman–Crippen MR) is 105 cm³/mol. The van der Waals surface area contributed by atoms with E-state index < -0.39 is 33.8 Å². The van der Waals surface area contributed by atoms with Gasteiger partial charge in [0.05, 0.1) is 21.7 Å². The van der Waals surface area contributed by atoms with Crippen molar-refractivity contribution >= 4 is 33.4 Å². The van der Waals surface area contributed by atoms with Gasteiger partial charge in [-0.2, -0.15) is 4.31 Å². The summed E-state index contributed by atoms with van der Waals surface area (Å²) in [5.74, 6) is -1.64. The summed E-state index contributed by atoms with van der Waals surface area (Å²) in [6.07, 6.45) is 0.923. The third kappa shape index (κ3) is 3.32. The summed E-state index contributed by atoms with van der Waals surface area (Å²) in [5.41, 5.74) is 1.40. The molecule has 2 aromatic rings. The number of imide groups is 1. The van der Waals surface area contributed by atoms with Gasteiger partial charge >= 0.3 is 0 Å². The van der Waals surface area contributed by atoms with Gasteiger partial charge in [-0.25, -0.2) is 8.42 Å². The van der Waals surface area contributed by atoms with E-state index in [4.69, 9.17) is 0 Å². The average molecular weight is 413 g/mol. The lowest BCUT2D eigenvalue weighted by molar-refractivity contribution is -0.119. The van der Waals surface area contributed by atoms with Gasteiger partial charge in [0, 0.05) is 6.54 Å². The van der Waals surface area contributed by atoms with Gasteiger partial charge in [0.2, 0.25) is 15.9 Å². The van der Waals surface area contributed by atoms with Crippen molar-refractivity contribution < 1.29 is 22.8 Å². The molecule has 2 N–H and O–H groups in total. The van der Waals surface area contributed by atoms with Gasteiger partial charge in [-0.05, 0) is 44.0 Å². The predicted octanol–water partition coefficient (Wildman–Crippen LogP) is 1.67. The molecule has 4 rings (SSSR count). The van der Waals surface area contributed by atoms with Crippen LogP contribution in [0.25, 0.3) is 0 Å². The molecule has 2 heterocycles. The molecule has 1 fully saturated rings. The van der Waals surface area contributed by atoms with Crippen molar-refractivity contribution in [3.63, 3.8) is 0 Å². The Hall–Kier alpha value is -3.04. The molecule has 1 saturated heterocycles. The molecule has 0 aliphatic carbocycles. The van der Waals surface area contributed by atoms with Gasteiger partial charge in [-0.3, -0.25) is 19.7 Å². The standard InChI is InChI=1S/C20H19N3O5S/c1-12-7-9-13(10-8-12)29(27,28)23-11-3-6-16(23)19(25)21-15-5-2-4-14-17(15)20(26)22-18(14)24/h2,4-5,7-10,16H,3,6,11H2,1H3,(H,21,25)(H,22,24,26)/t16-/m0/s1. The number of carbonyl (C=O) groups excluding carboxylic acids is 3. The maximum Gasteiger partial charge on any atom is 0.261 e. The van der Waals surface area contributed by atoms with Crippen LogP contribution >= 0.6 is 0 Å². The normalized spacial score (nSPS) is 19.1. The first kappa shape index (κ1) is 19.3. The van der Waals surface area contributed by atoms with Crippen LogP contribution in [-0.2, 0) is 14.8 Å². The van der Waals surface area contributed by atoms with Crippen LogP contribution in [-0.4, -0.2) is 43.0 Å². The first-order valence-electron chi connectivity index (χ1n) is 9.17. The lowest BCUT2D eigenvalue weighted by Crippen LogP contribution is -2.43. The molecule has 0 saturated carbocycles. The van der Waals surface area contributed by atoms with E-state index in [-0.39, 0.29) is 28.3 Å². The van der Waals surface area contributed by atoms with Crippen molar-refractivity contribution in [3.8, 4) is 0 Å². The van der Waals surface area contributed by atoms with Gasteiger partial charge < -0.3 is 5.32 Å². The lowest BCUT2D eigenvalue weighted by atomic mass is 10.1. The molecule has 150 valence electrons. The third-order valence-electron chi connectivity index (χ3n) is 5.15. The fourth-order valence-corrected chi connectivity index (χ4v) is 5.33. The van der Waals surface area contributed by atoms with Crippen molar-refractivity contribution in [1.82, 2.24) is 9.62 Å². The van der Waals surface area contributed by atoms with E-state index in [0.29, 0.717) is 12.8 Å². The van der Waals surface area contributed by atoms with Crippen molar-refractivity contribution in [2.45, 2.75) is 30.7 Å². The minimum Gasteiger partial charge on any atom is -0.324 e. The molecule has 1 atom stereocenters. The number of hydrogen-bond donors (Lipinski definition) is 2. The summed E-state index contributed by atoms with van der Waals surface area (Å²) < 4.78 is 27.3. The summed E-state index contributed by atoms with van der Waals surface area (Å²) in [4.78, 5) is 36.9. The molecule has 3 amide bonds. The van der Waals surface area contributed by atoms with E-state index in [1.54, 1.807) is 18.2 Å². The molecule has 0 unspecified atom stereocenters. The number of fused-ring (bicyclic) bond motifs is 1. The van der Waals surface area contributed by atoms with E-state index in [1.165, 1.54) is 28.6 Å². The number of nitrogens with one attached hydrogen (secondary N) is 2. The molecule has 8 nitrogen and oxygen atoms in total. The van der Waals surface area contributed by atoms with E-state index in [0.717, 1.165) is 5.56 Å². The van der Waals surface area contributed by atoms with Crippen molar-refractivity contribution in [3.05, 3.63) is 59.2 Å². The number of hydrogen-bond acceptors (Lipinski definition) is 5. The van der Waals surface area contributed by atoms with Crippen LogP contribution in [0, 0.1) is 6.92 Å². The zero-order chi connectivity index (χ0) is 20.8. The smallest absolute Gasteiger partial charge is 0.261 e. The van der Waals surface area contributed by atoms with Crippen LogP contribution in [0.1, 0.15) is 39.1 Å². The molecule has 29 heavy (non-hydrogen) atoms. The number of nitrogens with zero attached hydrogens (tertiary/aromatic N) is 1. The first-order valence-corrected chi connectivity index (χ1v) is 10.6. The average Bonchev–Trinajstić information content (AvgIpc) is 3.28. The highest BCUT2D eigenvalue weighted by molar-refractivity contribution is 7.89. The van der Waals surface area contributed by atoms with Gasteiger partial charge in [0.25, 0.3) is 11.8 Å². The Kier molecular flexibility index (Phi) is 4.71. The van der Waals surface area contributed by atoms with Crippen LogP contribution in [0.4, 0.5) is 5.69 Å². The number of anilines is 1. The summed E-state index contributed by atoms with van der Waals surface area (Å²) >= 11 is 0. The maximum absolute atomic E-state index is 13.0. The van der Waals surface area contributed by atoms with E-state index in [9.17, 15) is 22.8 Å². The van der Waals surface area contributed by atoms with Crippen LogP contribution in [0.2, 0.25) is 0 Å². The fourth-order valence-electron chi connectivity index (χ4n) is 3.67. The van der Waals surface area contributed by atoms with Crippen molar-refractivity contribution in [2.75, 3.05) is 11.9 Å². The summed E-state index contributed by atoms with van der Waals surface area (Å²) in [7, 11) is -3.83. The number of carbonyl (C=O) groups is 3. The van der Waals surface area contributed by atoms with Crippen LogP contribution in [0.5, 0.6) is 0 Å². The van der Waals surface area contributed by atoms with Gasteiger partial charge in [-0.15, -0.1) is 0 Å². The molecule has 2 aromatic carbocycles. The quantitative estimate of drug-likeness (QED) is 0.741. The Morgan fingerprint density at radius 1 is 1.10 bits per heavy atom. The molecule has 2 aliphatic heterocycles. The number of sulfonamides is 1. The van der Waals surface area contributed by atoms with Crippen molar-refractivity contribution in [2.24, 2.45) is 0 Å². The van der Waals surface area contributed by atoms with E-state index in [1.807, 2.05) is 6.92 Å². The zero-order valence-corrected chi connectivity index (χ0v) is 16.5. The van der Waals surface area contributed by atoms with Crippen LogP contribution in [0.3, 0.4) is 0 Å². The molecule has 2 aliphatic rings. The molecule has 0 radical (unpaired) electrons. The van der Waals surface area contributed by atoms with Crippen molar-refractivity contribution in [1.29, 1.82) is 0 Å². The van der Waals surface area contributed by atoms with Gasteiger partial charge in [0.15, 0.2) is 0 Å². The number of benzene rings is 2.